The average Bonchev–Trinajstić information content (AvgIpc) is 2.58. The molecule has 0 aromatic heterocycles. The van der Waals surface area contributed by atoms with Gasteiger partial charge in [0, 0.05) is 0 Å². The van der Waals surface area contributed by atoms with Crippen molar-refractivity contribution in [1.29, 1.82) is 0 Å². The number of esters is 2. The number of carbonyl (C=O) groups is 2. The lowest BCUT2D eigenvalue weighted by atomic mass is 9.68. The highest BCUT2D eigenvalue weighted by Gasteiger charge is 2.44. The van der Waals surface area contributed by atoms with E-state index in [9.17, 15) is 9.59 Å². The molecule has 0 aromatic rings. The Morgan fingerprint density at radius 1 is 0.852 bits per heavy atom. The Labute approximate surface area is 166 Å². The lowest BCUT2D eigenvalue weighted by molar-refractivity contribution is -0.167. The van der Waals surface area contributed by atoms with Gasteiger partial charge >= 0.3 is 11.9 Å². The molecule has 0 saturated heterocycles. The monoisotopic (exact) mass is 382 g/mol. The first-order chi connectivity index (χ1) is 12.6. The zero-order chi connectivity index (χ0) is 20.4. The Morgan fingerprint density at radius 3 is 1.93 bits per heavy atom. The van der Waals surface area contributed by atoms with Crippen LogP contribution in [0, 0.1) is 29.1 Å². The second-order valence-electron chi connectivity index (χ2n) is 9.83. The molecule has 0 N–H and O–H groups in total. The van der Waals surface area contributed by atoms with Crippen LogP contribution in [-0.4, -0.2) is 25.2 Å². The molecular weight excluding hydrogens is 340 g/mol. The summed E-state index contributed by atoms with van der Waals surface area (Å²) in [7, 11) is 0. The number of hydrogen-bond acceptors (Lipinski definition) is 4. The molecule has 4 nitrogen and oxygen atoms in total. The zero-order valence-corrected chi connectivity index (χ0v) is 18.5. The maximum atomic E-state index is 13.2. The molecule has 0 amide bonds. The molecule has 1 aliphatic rings. The standard InChI is InChI=1S/C23H42O4/c1-17(2)12-23(22(25)27-16-19(5)6,13-20-10-8-7-9-11-20)14-21(24)26-15-18(3)4/h17-20H,7-16H2,1-6H3. The third-order valence-electron chi connectivity index (χ3n) is 5.24. The van der Waals surface area contributed by atoms with E-state index in [4.69, 9.17) is 9.47 Å². The van der Waals surface area contributed by atoms with Gasteiger partial charge in [-0.1, -0.05) is 73.6 Å². The van der Waals surface area contributed by atoms with Crippen molar-refractivity contribution in [2.24, 2.45) is 29.1 Å². The van der Waals surface area contributed by atoms with Gasteiger partial charge in [-0.15, -0.1) is 0 Å². The molecule has 1 fully saturated rings. The number of ether oxygens (including phenoxy) is 2. The fourth-order valence-corrected chi connectivity index (χ4v) is 4.17. The minimum atomic E-state index is -0.751. The van der Waals surface area contributed by atoms with Crippen LogP contribution in [0.3, 0.4) is 0 Å². The zero-order valence-electron chi connectivity index (χ0n) is 18.5. The summed E-state index contributed by atoms with van der Waals surface area (Å²) in [6, 6.07) is 0. The average molecular weight is 383 g/mol. The Hall–Kier alpha value is -1.06. The normalized spacial score (nSPS) is 18.0. The molecule has 0 bridgehead atoms. The molecule has 0 aliphatic heterocycles. The summed E-state index contributed by atoms with van der Waals surface area (Å²) in [5, 5.41) is 0. The van der Waals surface area contributed by atoms with Crippen LogP contribution in [0.15, 0.2) is 0 Å². The highest BCUT2D eigenvalue weighted by molar-refractivity contribution is 5.83. The van der Waals surface area contributed by atoms with Gasteiger partial charge in [-0.3, -0.25) is 9.59 Å². The van der Waals surface area contributed by atoms with Crippen LogP contribution < -0.4 is 0 Å². The molecule has 158 valence electrons. The highest BCUT2D eigenvalue weighted by atomic mass is 16.5. The minimum Gasteiger partial charge on any atom is -0.465 e. The molecule has 1 unspecified atom stereocenters. The van der Waals surface area contributed by atoms with E-state index in [1.165, 1.54) is 19.3 Å². The van der Waals surface area contributed by atoms with Crippen LogP contribution in [0.5, 0.6) is 0 Å². The summed E-state index contributed by atoms with van der Waals surface area (Å²) in [6.07, 6.45) is 7.60. The third-order valence-corrected chi connectivity index (χ3v) is 5.24. The molecule has 1 rings (SSSR count). The van der Waals surface area contributed by atoms with Crippen molar-refractivity contribution < 1.29 is 19.1 Å². The molecule has 0 aromatic carbocycles. The quantitative estimate of drug-likeness (QED) is 0.425. The molecule has 4 heteroatoms. The summed E-state index contributed by atoms with van der Waals surface area (Å²) >= 11 is 0. The van der Waals surface area contributed by atoms with Crippen molar-refractivity contribution in [3.8, 4) is 0 Å². The van der Waals surface area contributed by atoms with Crippen molar-refractivity contribution >= 4 is 11.9 Å². The molecule has 1 atom stereocenters. The smallest absolute Gasteiger partial charge is 0.312 e. The van der Waals surface area contributed by atoms with Gasteiger partial charge in [0.1, 0.15) is 0 Å². The first-order valence-electron chi connectivity index (χ1n) is 11.0. The maximum Gasteiger partial charge on any atom is 0.312 e. The van der Waals surface area contributed by atoms with Gasteiger partial charge < -0.3 is 9.47 Å². The van der Waals surface area contributed by atoms with E-state index in [1.807, 2.05) is 27.7 Å². The predicted octanol–water partition coefficient (Wildman–Crippen LogP) is 5.78. The van der Waals surface area contributed by atoms with E-state index in [1.54, 1.807) is 0 Å². The van der Waals surface area contributed by atoms with Gasteiger partial charge in [-0.2, -0.15) is 0 Å². The van der Waals surface area contributed by atoms with Crippen molar-refractivity contribution in [1.82, 2.24) is 0 Å². The van der Waals surface area contributed by atoms with E-state index >= 15 is 0 Å². The highest BCUT2D eigenvalue weighted by Crippen LogP contribution is 2.43. The van der Waals surface area contributed by atoms with Crippen LogP contribution in [0.1, 0.15) is 92.9 Å². The summed E-state index contributed by atoms with van der Waals surface area (Å²) in [5.74, 6) is 0.937. The first-order valence-corrected chi connectivity index (χ1v) is 11.0. The van der Waals surface area contributed by atoms with Gasteiger partial charge in [0.25, 0.3) is 0 Å². The SMILES string of the molecule is CC(C)COC(=O)CC(CC(C)C)(CC1CCCCC1)C(=O)OCC(C)C. The number of hydrogen-bond donors (Lipinski definition) is 0. The van der Waals surface area contributed by atoms with Crippen LogP contribution >= 0.6 is 0 Å². The Balaban J connectivity index is 3.00. The minimum absolute atomic E-state index is 0.144. The van der Waals surface area contributed by atoms with Crippen molar-refractivity contribution in [3.05, 3.63) is 0 Å². The molecule has 0 heterocycles. The van der Waals surface area contributed by atoms with Gasteiger partial charge in [0.05, 0.1) is 25.0 Å². The third kappa shape index (κ3) is 9.12. The molecule has 0 spiro atoms. The van der Waals surface area contributed by atoms with Gasteiger partial charge in [-0.25, -0.2) is 0 Å². The summed E-state index contributed by atoms with van der Waals surface area (Å²) in [4.78, 5) is 25.8. The largest absolute Gasteiger partial charge is 0.465 e. The van der Waals surface area contributed by atoms with E-state index in [0.29, 0.717) is 37.4 Å². The van der Waals surface area contributed by atoms with Crippen molar-refractivity contribution in [2.75, 3.05) is 13.2 Å². The van der Waals surface area contributed by atoms with Crippen LogP contribution in [-0.2, 0) is 19.1 Å². The van der Waals surface area contributed by atoms with Crippen molar-refractivity contribution in [3.63, 3.8) is 0 Å². The lowest BCUT2D eigenvalue weighted by Crippen LogP contribution is -2.40. The van der Waals surface area contributed by atoms with E-state index in [-0.39, 0.29) is 24.3 Å². The fourth-order valence-electron chi connectivity index (χ4n) is 4.17. The molecule has 1 saturated carbocycles. The van der Waals surface area contributed by atoms with E-state index < -0.39 is 5.41 Å². The Bertz CT molecular complexity index is 449. The number of rotatable bonds is 11. The fraction of sp³-hybridized carbons (Fsp3) is 0.913. The lowest BCUT2D eigenvalue weighted by Gasteiger charge is -2.37. The second kappa shape index (κ2) is 11.7. The van der Waals surface area contributed by atoms with E-state index in [2.05, 4.69) is 13.8 Å². The predicted molar refractivity (Wildman–Crippen MR) is 109 cm³/mol. The van der Waals surface area contributed by atoms with Crippen LogP contribution in [0.2, 0.25) is 0 Å². The maximum absolute atomic E-state index is 13.2. The van der Waals surface area contributed by atoms with Crippen LogP contribution in [0.25, 0.3) is 0 Å². The van der Waals surface area contributed by atoms with Gasteiger partial charge in [0.15, 0.2) is 0 Å². The van der Waals surface area contributed by atoms with Gasteiger partial charge in [0.2, 0.25) is 0 Å². The molecule has 27 heavy (non-hydrogen) atoms. The summed E-state index contributed by atoms with van der Waals surface area (Å²) in [5.41, 5.74) is -0.751. The van der Waals surface area contributed by atoms with Crippen LogP contribution in [0.4, 0.5) is 0 Å². The summed E-state index contributed by atoms with van der Waals surface area (Å²) < 4.78 is 11.1. The summed E-state index contributed by atoms with van der Waals surface area (Å²) in [6.45, 7) is 13.2. The van der Waals surface area contributed by atoms with Crippen molar-refractivity contribution in [2.45, 2.75) is 92.9 Å². The number of carbonyl (C=O) groups excluding carboxylic acids is 2. The topological polar surface area (TPSA) is 52.6 Å². The van der Waals surface area contributed by atoms with E-state index in [0.717, 1.165) is 19.3 Å². The molecule has 1 aliphatic carbocycles. The molecular formula is C23H42O4. The Kier molecular flexibility index (Phi) is 10.4. The second-order valence-corrected chi connectivity index (χ2v) is 9.83. The van der Waals surface area contributed by atoms with Gasteiger partial charge in [-0.05, 0) is 36.5 Å². The Morgan fingerprint density at radius 2 is 1.41 bits per heavy atom. The first kappa shape index (κ1) is 24.0. The molecule has 0 radical (unpaired) electrons.